The van der Waals surface area contributed by atoms with Gasteiger partial charge in [0.2, 0.25) is 0 Å². The minimum Gasteiger partial charge on any atom is -0.507 e. The van der Waals surface area contributed by atoms with E-state index in [2.05, 4.69) is 0 Å². The molecule has 2 N–H and O–H groups in total. The Kier molecular flexibility index (Phi) is 4.91. The minimum absolute atomic E-state index is 0.0259. The van der Waals surface area contributed by atoms with Crippen LogP contribution in [0.2, 0.25) is 0 Å². The molecule has 0 spiro atoms. The van der Waals surface area contributed by atoms with Crippen LogP contribution in [-0.4, -0.2) is 19.0 Å². The van der Waals surface area contributed by atoms with Crippen molar-refractivity contribution < 1.29 is 10.2 Å². The molecule has 0 bridgehead atoms. The third-order valence-electron chi connectivity index (χ3n) is 7.75. The quantitative estimate of drug-likeness (QED) is 0.342. The number of pyridine rings is 2. The maximum Gasteiger partial charge on any atom is 0.262 e. The molecule has 0 saturated heterocycles. The summed E-state index contributed by atoms with van der Waals surface area (Å²) in [5, 5.41) is 22.8. The van der Waals surface area contributed by atoms with Crippen molar-refractivity contribution in [1.82, 2.24) is 8.80 Å². The number of benzene rings is 3. The van der Waals surface area contributed by atoms with E-state index in [0.717, 1.165) is 11.1 Å². The number of aromatic hydroxyl groups is 2. The van der Waals surface area contributed by atoms with Crippen molar-refractivity contribution >= 4 is 22.1 Å². The van der Waals surface area contributed by atoms with Crippen LogP contribution in [0.3, 0.4) is 0 Å². The SMILES string of the molecule is O=c1c(Cc2ccccc2)c(O)c2c3c4c(c(O)c(Cc5ccccc5)c(=O)n4c4ccccc4n13)CC2. The Hall–Kier alpha value is -4.84. The van der Waals surface area contributed by atoms with Gasteiger partial charge in [-0.1, -0.05) is 72.8 Å². The average Bonchev–Trinajstić information content (AvgIpc) is 2.95. The molecule has 7 rings (SSSR count). The standard InChI is InChI=1S/C32H24N2O4/c35-29-21-15-16-22-28-27(21)33(31(37)23(29)17-19-9-3-1-4-10-19)25-13-7-8-14-26(25)34(28)32(38)24(30(22)36)18-20-11-5-2-6-12-20/h1-14,35-36H,15-18H2. The van der Waals surface area contributed by atoms with E-state index in [4.69, 9.17) is 0 Å². The van der Waals surface area contributed by atoms with Crippen LogP contribution < -0.4 is 11.1 Å². The third-order valence-corrected chi connectivity index (χ3v) is 7.75. The minimum atomic E-state index is -0.322. The first kappa shape index (κ1) is 22.4. The lowest BCUT2D eigenvalue weighted by Crippen LogP contribution is -2.28. The average molecular weight is 501 g/mol. The van der Waals surface area contributed by atoms with Crippen molar-refractivity contribution in [3.05, 3.63) is 139 Å². The Morgan fingerprint density at radius 3 is 1.32 bits per heavy atom. The van der Waals surface area contributed by atoms with Crippen molar-refractivity contribution in [3.8, 4) is 11.5 Å². The summed E-state index contributed by atoms with van der Waals surface area (Å²) < 4.78 is 3.24. The Labute approximate surface area is 217 Å². The molecule has 0 fully saturated rings. The first-order valence-corrected chi connectivity index (χ1v) is 12.7. The molecule has 186 valence electrons. The van der Waals surface area contributed by atoms with Gasteiger partial charge in [-0.3, -0.25) is 18.4 Å². The van der Waals surface area contributed by atoms with Gasteiger partial charge in [0.15, 0.2) is 0 Å². The highest BCUT2D eigenvalue weighted by atomic mass is 16.3. The van der Waals surface area contributed by atoms with E-state index in [9.17, 15) is 19.8 Å². The van der Waals surface area contributed by atoms with E-state index in [1.165, 1.54) is 0 Å². The number of aromatic nitrogens is 2. The number of aryl methyl sites for hydroxylation is 2. The zero-order valence-electron chi connectivity index (χ0n) is 20.5. The van der Waals surface area contributed by atoms with Crippen LogP contribution in [0.5, 0.6) is 11.5 Å². The van der Waals surface area contributed by atoms with Crippen molar-refractivity contribution in [3.63, 3.8) is 0 Å². The molecule has 1 aliphatic rings. The smallest absolute Gasteiger partial charge is 0.262 e. The van der Waals surface area contributed by atoms with Gasteiger partial charge in [0.25, 0.3) is 11.1 Å². The number of fused-ring (bicyclic) bond motifs is 3. The highest BCUT2D eigenvalue weighted by Gasteiger charge is 2.30. The molecule has 0 radical (unpaired) electrons. The van der Waals surface area contributed by atoms with Crippen molar-refractivity contribution in [1.29, 1.82) is 0 Å². The lowest BCUT2D eigenvalue weighted by Gasteiger charge is -2.25. The molecule has 0 amide bonds. The lowest BCUT2D eigenvalue weighted by molar-refractivity contribution is 0.453. The van der Waals surface area contributed by atoms with Crippen LogP contribution >= 0.6 is 0 Å². The van der Waals surface area contributed by atoms with Crippen molar-refractivity contribution in [2.24, 2.45) is 0 Å². The lowest BCUT2D eigenvalue weighted by atomic mass is 9.90. The summed E-state index contributed by atoms with van der Waals surface area (Å²) in [4.78, 5) is 28.1. The normalized spacial score (nSPS) is 12.6. The molecule has 6 heteroatoms. The fourth-order valence-corrected chi connectivity index (χ4v) is 5.98. The Morgan fingerprint density at radius 1 is 0.553 bits per heavy atom. The number of hydrogen-bond donors (Lipinski definition) is 2. The number of para-hydroxylation sites is 2. The number of nitrogens with zero attached hydrogens (tertiary/aromatic N) is 2. The van der Waals surface area contributed by atoms with E-state index in [0.29, 0.717) is 70.0 Å². The van der Waals surface area contributed by atoms with Gasteiger partial charge in [-0.05, 0) is 36.1 Å². The van der Waals surface area contributed by atoms with E-state index < -0.39 is 0 Å². The topological polar surface area (TPSA) is 83.4 Å². The second-order valence-electron chi connectivity index (χ2n) is 9.90. The monoisotopic (exact) mass is 500 g/mol. The van der Waals surface area contributed by atoms with Gasteiger partial charge < -0.3 is 10.2 Å². The molecule has 0 unspecified atom stereocenters. The Balaban J connectivity index is 1.63. The van der Waals surface area contributed by atoms with E-state index in [-0.39, 0.29) is 22.6 Å². The molecule has 6 nitrogen and oxygen atoms in total. The van der Waals surface area contributed by atoms with Crippen molar-refractivity contribution in [2.75, 3.05) is 0 Å². The van der Waals surface area contributed by atoms with Crippen LogP contribution in [0.25, 0.3) is 22.1 Å². The molecular weight excluding hydrogens is 476 g/mol. The van der Waals surface area contributed by atoms with E-state index >= 15 is 0 Å². The summed E-state index contributed by atoms with van der Waals surface area (Å²) in [6, 6.07) is 26.5. The molecular formula is C32H24N2O4. The maximum atomic E-state index is 14.0. The highest BCUT2D eigenvalue weighted by Crippen LogP contribution is 2.40. The number of rotatable bonds is 4. The summed E-state index contributed by atoms with van der Waals surface area (Å²) in [7, 11) is 0. The van der Waals surface area contributed by atoms with Gasteiger partial charge in [0.05, 0.1) is 33.2 Å². The van der Waals surface area contributed by atoms with Gasteiger partial charge >= 0.3 is 0 Å². The first-order chi connectivity index (χ1) is 18.5. The van der Waals surface area contributed by atoms with Gasteiger partial charge in [-0.25, -0.2) is 0 Å². The second kappa shape index (κ2) is 8.35. The molecule has 0 atom stereocenters. The second-order valence-corrected chi connectivity index (χ2v) is 9.90. The highest BCUT2D eigenvalue weighted by molar-refractivity contribution is 5.95. The zero-order chi connectivity index (χ0) is 26.0. The molecule has 3 aromatic carbocycles. The van der Waals surface area contributed by atoms with E-state index in [1.807, 2.05) is 84.9 Å². The van der Waals surface area contributed by atoms with Crippen molar-refractivity contribution in [2.45, 2.75) is 25.7 Å². The molecule has 0 aliphatic heterocycles. The maximum absolute atomic E-state index is 14.0. The Bertz CT molecular complexity index is 1880. The van der Waals surface area contributed by atoms with Gasteiger partial charge in [0.1, 0.15) is 11.5 Å². The third kappa shape index (κ3) is 3.13. The first-order valence-electron chi connectivity index (χ1n) is 12.7. The molecule has 0 saturated carbocycles. The van der Waals surface area contributed by atoms with Gasteiger partial charge in [0, 0.05) is 24.0 Å². The summed E-state index contributed by atoms with van der Waals surface area (Å²) in [6.07, 6.45) is 1.47. The van der Waals surface area contributed by atoms with Crippen LogP contribution in [0.15, 0.2) is 94.5 Å². The van der Waals surface area contributed by atoms with Gasteiger partial charge in [-0.2, -0.15) is 0 Å². The fourth-order valence-electron chi connectivity index (χ4n) is 5.98. The van der Waals surface area contributed by atoms with Crippen LogP contribution in [0.1, 0.15) is 33.4 Å². The predicted octanol–water partition coefficient (Wildman–Crippen LogP) is 4.76. The summed E-state index contributed by atoms with van der Waals surface area (Å²) in [6.45, 7) is 0. The summed E-state index contributed by atoms with van der Waals surface area (Å²) >= 11 is 0. The molecule has 3 aromatic heterocycles. The fraction of sp³-hybridized carbons (Fsp3) is 0.125. The van der Waals surface area contributed by atoms with Gasteiger partial charge in [-0.15, -0.1) is 0 Å². The summed E-state index contributed by atoms with van der Waals surface area (Å²) in [5.41, 5.74) is 5.26. The number of hydrogen-bond acceptors (Lipinski definition) is 4. The largest absolute Gasteiger partial charge is 0.507 e. The summed E-state index contributed by atoms with van der Waals surface area (Å²) in [5.74, 6) is -0.0519. The Morgan fingerprint density at radius 2 is 0.921 bits per heavy atom. The van der Waals surface area contributed by atoms with Crippen LogP contribution in [0.4, 0.5) is 0 Å². The predicted molar refractivity (Wildman–Crippen MR) is 148 cm³/mol. The molecule has 1 aliphatic carbocycles. The van der Waals surface area contributed by atoms with Crippen LogP contribution in [-0.2, 0) is 25.7 Å². The molecule has 3 heterocycles. The van der Waals surface area contributed by atoms with Crippen LogP contribution in [0, 0.1) is 0 Å². The van der Waals surface area contributed by atoms with E-state index in [1.54, 1.807) is 8.80 Å². The zero-order valence-corrected chi connectivity index (χ0v) is 20.5. The molecule has 6 aromatic rings. The molecule has 38 heavy (non-hydrogen) atoms.